The van der Waals surface area contributed by atoms with Gasteiger partial charge in [0, 0.05) is 18.2 Å². The van der Waals surface area contributed by atoms with Gasteiger partial charge < -0.3 is 4.74 Å². The Balaban J connectivity index is 1.32. The van der Waals surface area contributed by atoms with Crippen molar-refractivity contribution >= 4 is 34.7 Å². The van der Waals surface area contributed by atoms with Crippen molar-refractivity contribution in [1.29, 1.82) is 0 Å². The van der Waals surface area contributed by atoms with Crippen LogP contribution in [0.2, 0.25) is 0 Å². The molecule has 1 amide bonds. The maximum atomic E-state index is 12.7. The van der Waals surface area contributed by atoms with E-state index in [4.69, 9.17) is 0 Å². The molecule has 1 aliphatic rings. The summed E-state index contributed by atoms with van der Waals surface area (Å²) in [4.78, 5) is 23.3. The number of alkyl halides is 3. The summed E-state index contributed by atoms with van der Waals surface area (Å²) in [5, 5.41) is 13.5. The fourth-order valence-corrected chi connectivity index (χ4v) is 5.11. The van der Waals surface area contributed by atoms with Gasteiger partial charge in [0.25, 0.3) is 0 Å². The van der Waals surface area contributed by atoms with Crippen LogP contribution in [0.5, 0.6) is 5.75 Å². The van der Waals surface area contributed by atoms with Crippen molar-refractivity contribution in [3.63, 3.8) is 0 Å². The molecule has 9 nitrogen and oxygen atoms in total. The van der Waals surface area contributed by atoms with E-state index in [0.29, 0.717) is 45.9 Å². The first kappa shape index (κ1) is 29.0. The third-order valence-corrected chi connectivity index (χ3v) is 7.16. The van der Waals surface area contributed by atoms with Crippen molar-refractivity contribution in [2.75, 3.05) is 10.7 Å². The molecule has 0 bridgehead atoms. The molecule has 4 aromatic rings. The van der Waals surface area contributed by atoms with E-state index in [1.165, 1.54) is 42.2 Å². The fraction of sp³-hybridized carbons (Fsp3) is 0.241. The zero-order chi connectivity index (χ0) is 29.9. The number of carbonyl (C=O) groups is 1. The summed E-state index contributed by atoms with van der Waals surface area (Å²) in [5.74, 6) is 1.20. The Labute approximate surface area is 244 Å². The smallest absolute Gasteiger partial charge is 0.406 e. The lowest BCUT2D eigenvalue weighted by Crippen LogP contribution is -2.30. The topological polar surface area (TPSA) is 97.9 Å². The van der Waals surface area contributed by atoms with E-state index in [1.807, 2.05) is 31.2 Å². The normalized spacial score (nSPS) is 15.0. The summed E-state index contributed by atoms with van der Waals surface area (Å²) >= 11 is 1.33. The molecule has 0 saturated carbocycles. The highest BCUT2D eigenvalue weighted by molar-refractivity contribution is 8.15. The lowest BCUT2D eigenvalue weighted by atomic mass is 10.0. The zero-order valence-electron chi connectivity index (χ0n) is 22.9. The summed E-state index contributed by atoms with van der Waals surface area (Å²) < 4.78 is 43.0. The largest absolute Gasteiger partial charge is 0.573 e. The van der Waals surface area contributed by atoms with Crippen molar-refractivity contribution in [2.45, 2.75) is 39.5 Å². The molecule has 42 heavy (non-hydrogen) atoms. The predicted octanol–water partition coefficient (Wildman–Crippen LogP) is 6.38. The molecular formula is C29H26F3N7O2S. The standard InChI is InChI=1S/C29H26F3N7O2S/c1-4-25-35-27(37-39(25)21-11-13-22(14-12-21)41-29(30,31)32)19-9-10-20(33-15-19)16-34-36-28-38(26(40)17-42-28)24-8-6-5-7-23(24)18(2)3/h5-16,18H,4,17H2,1-3H3. The number of amides is 1. The average Bonchev–Trinajstić information content (AvgIpc) is 3.56. The summed E-state index contributed by atoms with van der Waals surface area (Å²) in [6.07, 6.45) is -1.11. The van der Waals surface area contributed by atoms with Crippen LogP contribution in [0.15, 0.2) is 77.1 Å². The van der Waals surface area contributed by atoms with Crippen LogP contribution >= 0.6 is 11.8 Å². The Hall–Kier alpha value is -4.52. The quantitative estimate of drug-likeness (QED) is 0.174. The lowest BCUT2D eigenvalue weighted by Gasteiger charge is -2.20. The third-order valence-electron chi connectivity index (χ3n) is 6.25. The number of hydrogen-bond acceptors (Lipinski definition) is 8. The summed E-state index contributed by atoms with van der Waals surface area (Å²) in [7, 11) is 0. The molecular weight excluding hydrogens is 567 g/mol. The minimum Gasteiger partial charge on any atom is -0.406 e. The van der Waals surface area contributed by atoms with Gasteiger partial charge in [-0.2, -0.15) is 5.10 Å². The van der Waals surface area contributed by atoms with Gasteiger partial charge in [0.1, 0.15) is 11.6 Å². The number of anilines is 1. The van der Waals surface area contributed by atoms with Gasteiger partial charge >= 0.3 is 6.36 Å². The van der Waals surface area contributed by atoms with Crippen LogP contribution in [0.1, 0.15) is 43.8 Å². The van der Waals surface area contributed by atoms with Gasteiger partial charge in [0.2, 0.25) is 5.91 Å². The number of thioether (sulfide) groups is 1. The van der Waals surface area contributed by atoms with Crippen molar-refractivity contribution < 1.29 is 22.7 Å². The molecule has 0 radical (unpaired) electrons. The SMILES string of the molecule is CCc1nc(-c2ccc(C=NN=C3SCC(=O)N3c3ccccc3C(C)C)nc2)nn1-c1ccc(OC(F)(F)F)cc1. The van der Waals surface area contributed by atoms with E-state index in [-0.39, 0.29) is 17.6 Å². The molecule has 1 aliphatic heterocycles. The molecule has 1 fully saturated rings. The van der Waals surface area contributed by atoms with Crippen molar-refractivity contribution in [3.05, 3.63) is 83.9 Å². The second-order valence-electron chi connectivity index (χ2n) is 9.49. The Bertz CT molecular complexity index is 1630. The highest BCUT2D eigenvalue weighted by atomic mass is 32.2. The minimum atomic E-state index is -4.76. The first-order valence-electron chi connectivity index (χ1n) is 13.1. The molecule has 0 N–H and O–H groups in total. The maximum absolute atomic E-state index is 12.7. The van der Waals surface area contributed by atoms with Crippen LogP contribution in [0.25, 0.3) is 17.1 Å². The molecule has 13 heteroatoms. The molecule has 5 rings (SSSR count). The Morgan fingerprint density at radius 1 is 1.10 bits per heavy atom. The third kappa shape index (κ3) is 6.51. The second-order valence-corrected chi connectivity index (χ2v) is 10.4. The number of ether oxygens (including phenoxy) is 1. The Morgan fingerprint density at radius 3 is 2.52 bits per heavy atom. The van der Waals surface area contributed by atoms with Gasteiger partial charge in [0.05, 0.1) is 29.0 Å². The number of aromatic nitrogens is 4. The monoisotopic (exact) mass is 593 g/mol. The Kier molecular flexibility index (Phi) is 8.39. The van der Waals surface area contributed by atoms with Crippen LogP contribution in [-0.4, -0.2) is 49.2 Å². The van der Waals surface area contributed by atoms with E-state index in [1.54, 1.807) is 27.9 Å². The van der Waals surface area contributed by atoms with E-state index < -0.39 is 6.36 Å². The zero-order valence-corrected chi connectivity index (χ0v) is 23.7. The van der Waals surface area contributed by atoms with Gasteiger partial charge in [-0.3, -0.25) is 14.7 Å². The number of para-hydroxylation sites is 1. The minimum absolute atomic E-state index is 0.0477. The van der Waals surface area contributed by atoms with Crippen molar-refractivity contribution in [1.82, 2.24) is 19.7 Å². The van der Waals surface area contributed by atoms with Crippen LogP contribution in [-0.2, 0) is 11.2 Å². The van der Waals surface area contributed by atoms with Gasteiger partial charge in [-0.05, 0) is 53.9 Å². The Morgan fingerprint density at radius 2 is 1.86 bits per heavy atom. The lowest BCUT2D eigenvalue weighted by molar-refractivity contribution is -0.274. The summed E-state index contributed by atoms with van der Waals surface area (Å²) in [6, 6.07) is 16.7. The molecule has 2 aromatic carbocycles. The fourth-order valence-electron chi connectivity index (χ4n) is 4.30. The van der Waals surface area contributed by atoms with Crippen molar-refractivity contribution in [2.24, 2.45) is 10.2 Å². The van der Waals surface area contributed by atoms with E-state index in [2.05, 4.69) is 43.9 Å². The predicted molar refractivity (Wildman–Crippen MR) is 156 cm³/mol. The number of nitrogens with zero attached hydrogens (tertiary/aromatic N) is 7. The van der Waals surface area contributed by atoms with Crippen LogP contribution in [0.4, 0.5) is 18.9 Å². The maximum Gasteiger partial charge on any atom is 0.573 e. The highest BCUT2D eigenvalue weighted by Crippen LogP contribution is 2.33. The van der Waals surface area contributed by atoms with E-state index >= 15 is 0 Å². The van der Waals surface area contributed by atoms with Gasteiger partial charge in [0.15, 0.2) is 11.0 Å². The first-order chi connectivity index (χ1) is 20.1. The average molecular weight is 594 g/mol. The van der Waals surface area contributed by atoms with Crippen LogP contribution in [0, 0.1) is 0 Å². The highest BCUT2D eigenvalue weighted by Gasteiger charge is 2.32. The van der Waals surface area contributed by atoms with Gasteiger partial charge in [-0.25, -0.2) is 9.67 Å². The molecule has 2 aromatic heterocycles. The molecule has 1 saturated heterocycles. The van der Waals surface area contributed by atoms with Gasteiger partial charge in [-0.1, -0.05) is 50.7 Å². The van der Waals surface area contributed by atoms with Crippen LogP contribution in [0.3, 0.4) is 0 Å². The second kappa shape index (κ2) is 12.1. The first-order valence-corrected chi connectivity index (χ1v) is 14.1. The summed E-state index contributed by atoms with van der Waals surface area (Å²) in [5.41, 5.74) is 3.60. The number of pyridine rings is 1. The molecule has 0 atom stereocenters. The molecule has 0 spiro atoms. The van der Waals surface area contributed by atoms with Gasteiger partial charge in [-0.15, -0.1) is 23.4 Å². The van der Waals surface area contributed by atoms with E-state index in [9.17, 15) is 18.0 Å². The molecule has 0 unspecified atom stereocenters. The number of amidine groups is 1. The molecule has 216 valence electrons. The number of halogens is 3. The van der Waals surface area contributed by atoms with Crippen molar-refractivity contribution in [3.8, 4) is 22.8 Å². The number of rotatable bonds is 8. The van der Waals surface area contributed by atoms with Crippen LogP contribution < -0.4 is 9.64 Å². The molecule has 0 aliphatic carbocycles. The molecule has 3 heterocycles. The van der Waals surface area contributed by atoms with E-state index in [0.717, 1.165) is 11.3 Å². The number of carbonyl (C=O) groups excluding carboxylic acids is 1. The summed E-state index contributed by atoms with van der Waals surface area (Å²) in [6.45, 7) is 6.06. The number of aryl methyl sites for hydroxylation is 1. The number of benzene rings is 2. The number of hydrogen-bond donors (Lipinski definition) is 0.